The summed E-state index contributed by atoms with van der Waals surface area (Å²) in [6.07, 6.45) is 0. The van der Waals surface area contributed by atoms with E-state index >= 15 is 0 Å². The van der Waals surface area contributed by atoms with E-state index in [2.05, 4.69) is 20.6 Å². The highest BCUT2D eigenvalue weighted by molar-refractivity contribution is 5.50. The molecule has 0 amide bonds. The summed E-state index contributed by atoms with van der Waals surface area (Å²) in [6, 6.07) is 1.71. The molecule has 0 aliphatic heterocycles. The minimum Gasteiger partial charge on any atom is -0.395 e. The first kappa shape index (κ1) is 9.53. The molecular formula is C7H13N5O. The standard InChI is InChI=1S/C7H13N5O/c1-9-5-4-6(10-2-3-13)12-7(8)11-5/h4,13H,2-3H2,1H3,(H4,8,9,10,11,12). The van der Waals surface area contributed by atoms with Crippen LogP contribution in [0.4, 0.5) is 17.6 Å². The molecule has 1 rings (SSSR count). The summed E-state index contributed by atoms with van der Waals surface area (Å²) in [5, 5.41) is 14.3. The number of nitrogen functional groups attached to an aromatic ring is 1. The highest BCUT2D eigenvalue weighted by Crippen LogP contribution is 2.10. The minimum atomic E-state index is 0.0544. The quantitative estimate of drug-likeness (QED) is 0.503. The second kappa shape index (κ2) is 4.46. The van der Waals surface area contributed by atoms with E-state index in [1.807, 2.05) is 0 Å². The van der Waals surface area contributed by atoms with Gasteiger partial charge in [0.1, 0.15) is 11.6 Å². The fraction of sp³-hybridized carbons (Fsp3) is 0.429. The second-order valence-corrected chi connectivity index (χ2v) is 2.40. The average molecular weight is 183 g/mol. The van der Waals surface area contributed by atoms with Gasteiger partial charge in [-0.15, -0.1) is 0 Å². The predicted octanol–water partition coefficient (Wildman–Crippen LogP) is -0.495. The van der Waals surface area contributed by atoms with E-state index in [4.69, 9.17) is 10.8 Å². The zero-order valence-electron chi connectivity index (χ0n) is 7.41. The highest BCUT2D eigenvalue weighted by Gasteiger charge is 1.99. The van der Waals surface area contributed by atoms with E-state index < -0.39 is 0 Å². The van der Waals surface area contributed by atoms with Crippen molar-refractivity contribution in [2.75, 3.05) is 36.6 Å². The van der Waals surface area contributed by atoms with Gasteiger partial charge in [-0.1, -0.05) is 0 Å². The lowest BCUT2D eigenvalue weighted by Crippen LogP contribution is -2.09. The first-order chi connectivity index (χ1) is 6.26. The van der Waals surface area contributed by atoms with Gasteiger partial charge in [-0.25, -0.2) is 0 Å². The number of rotatable bonds is 4. The maximum atomic E-state index is 8.57. The summed E-state index contributed by atoms with van der Waals surface area (Å²) in [4.78, 5) is 7.84. The third-order valence-electron chi connectivity index (χ3n) is 1.42. The molecule has 0 saturated heterocycles. The molecule has 0 aliphatic rings. The largest absolute Gasteiger partial charge is 0.395 e. The maximum Gasteiger partial charge on any atom is 0.223 e. The van der Waals surface area contributed by atoms with Crippen molar-refractivity contribution in [2.24, 2.45) is 0 Å². The number of nitrogens with one attached hydrogen (secondary N) is 2. The third-order valence-corrected chi connectivity index (χ3v) is 1.42. The van der Waals surface area contributed by atoms with Crippen molar-refractivity contribution in [3.63, 3.8) is 0 Å². The summed E-state index contributed by atoms with van der Waals surface area (Å²) in [5.41, 5.74) is 5.44. The van der Waals surface area contributed by atoms with Gasteiger partial charge in [0, 0.05) is 19.7 Å². The topological polar surface area (TPSA) is 96.1 Å². The number of aliphatic hydroxyl groups excluding tert-OH is 1. The van der Waals surface area contributed by atoms with E-state index in [9.17, 15) is 0 Å². The Morgan fingerprint density at radius 2 is 2.15 bits per heavy atom. The molecule has 6 nitrogen and oxygen atoms in total. The Bertz CT molecular complexity index is 278. The molecule has 0 saturated carbocycles. The van der Waals surface area contributed by atoms with Gasteiger partial charge in [0.15, 0.2) is 0 Å². The van der Waals surface area contributed by atoms with Crippen LogP contribution in [-0.4, -0.2) is 35.3 Å². The Balaban J connectivity index is 2.76. The van der Waals surface area contributed by atoms with E-state index in [1.54, 1.807) is 13.1 Å². The zero-order valence-corrected chi connectivity index (χ0v) is 7.41. The van der Waals surface area contributed by atoms with Crippen LogP contribution in [0.15, 0.2) is 6.07 Å². The molecule has 0 unspecified atom stereocenters. The van der Waals surface area contributed by atoms with E-state index in [0.717, 1.165) is 0 Å². The zero-order chi connectivity index (χ0) is 9.68. The number of hydrogen-bond donors (Lipinski definition) is 4. The van der Waals surface area contributed by atoms with E-state index in [1.165, 1.54) is 0 Å². The first-order valence-corrected chi connectivity index (χ1v) is 3.93. The average Bonchev–Trinajstić information content (AvgIpc) is 2.14. The van der Waals surface area contributed by atoms with Crippen molar-refractivity contribution in [1.82, 2.24) is 9.97 Å². The lowest BCUT2D eigenvalue weighted by Gasteiger charge is -2.06. The summed E-state index contributed by atoms with van der Waals surface area (Å²) < 4.78 is 0. The molecule has 0 aromatic carbocycles. The van der Waals surface area contributed by atoms with Gasteiger partial charge < -0.3 is 21.5 Å². The molecule has 72 valence electrons. The summed E-state index contributed by atoms with van der Waals surface area (Å²) in [6.45, 7) is 0.498. The van der Waals surface area contributed by atoms with Gasteiger partial charge in [0.2, 0.25) is 5.95 Å². The number of nitrogens with zero attached hydrogens (tertiary/aromatic N) is 2. The summed E-state index contributed by atoms with van der Waals surface area (Å²) >= 11 is 0. The molecule has 1 heterocycles. The lowest BCUT2D eigenvalue weighted by atomic mass is 10.5. The van der Waals surface area contributed by atoms with Crippen molar-refractivity contribution in [3.8, 4) is 0 Å². The molecule has 0 fully saturated rings. The van der Waals surface area contributed by atoms with Gasteiger partial charge >= 0.3 is 0 Å². The van der Waals surface area contributed by atoms with Crippen molar-refractivity contribution in [3.05, 3.63) is 6.07 Å². The Kier molecular flexibility index (Phi) is 3.27. The SMILES string of the molecule is CNc1cc(NCCO)nc(N)n1. The molecule has 0 atom stereocenters. The number of aliphatic hydroxyl groups is 1. The normalized spacial score (nSPS) is 9.69. The fourth-order valence-corrected chi connectivity index (χ4v) is 0.868. The third kappa shape index (κ3) is 2.75. The van der Waals surface area contributed by atoms with Gasteiger partial charge in [-0.05, 0) is 0 Å². The summed E-state index contributed by atoms with van der Waals surface area (Å²) in [5.74, 6) is 1.45. The van der Waals surface area contributed by atoms with Crippen LogP contribution in [-0.2, 0) is 0 Å². The van der Waals surface area contributed by atoms with Crippen LogP contribution < -0.4 is 16.4 Å². The Hall–Kier alpha value is -1.56. The van der Waals surface area contributed by atoms with Crippen LogP contribution in [0.25, 0.3) is 0 Å². The second-order valence-electron chi connectivity index (χ2n) is 2.40. The van der Waals surface area contributed by atoms with E-state index in [-0.39, 0.29) is 12.6 Å². The first-order valence-electron chi connectivity index (χ1n) is 3.93. The molecule has 6 heteroatoms. The van der Waals surface area contributed by atoms with E-state index in [0.29, 0.717) is 18.2 Å². The summed E-state index contributed by atoms with van der Waals surface area (Å²) in [7, 11) is 1.75. The number of aromatic nitrogens is 2. The van der Waals surface area contributed by atoms with Crippen LogP contribution in [0.5, 0.6) is 0 Å². The molecular weight excluding hydrogens is 170 g/mol. The van der Waals surface area contributed by atoms with Crippen LogP contribution in [0.2, 0.25) is 0 Å². The molecule has 1 aromatic rings. The maximum absolute atomic E-state index is 8.57. The molecule has 0 radical (unpaired) electrons. The van der Waals surface area contributed by atoms with Gasteiger partial charge in [0.05, 0.1) is 6.61 Å². The predicted molar refractivity (Wildman–Crippen MR) is 51.6 cm³/mol. The molecule has 0 bridgehead atoms. The van der Waals surface area contributed by atoms with Crippen LogP contribution in [0.3, 0.4) is 0 Å². The van der Waals surface area contributed by atoms with Crippen molar-refractivity contribution in [1.29, 1.82) is 0 Å². The Morgan fingerprint density at radius 3 is 2.77 bits per heavy atom. The highest BCUT2D eigenvalue weighted by atomic mass is 16.3. The van der Waals surface area contributed by atoms with Gasteiger partial charge in [0.25, 0.3) is 0 Å². The molecule has 0 aliphatic carbocycles. The number of anilines is 3. The molecule has 13 heavy (non-hydrogen) atoms. The van der Waals surface area contributed by atoms with Crippen LogP contribution in [0, 0.1) is 0 Å². The minimum absolute atomic E-state index is 0.0544. The van der Waals surface area contributed by atoms with Crippen LogP contribution >= 0.6 is 0 Å². The Morgan fingerprint density at radius 1 is 1.46 bits per heavy atom. The van der Waals surface area contributed by atoms with Crippen molar-refractivity contribution >= 4 is 17.6 Å². The molecule has 0 spiro atoms. The number of hydrogen-bond acceptors (Lipinski definition) is 6. The molecule has 1 aromatic heterocycles. The number of nitrogens with two attached hydrogens (primary N) is 1. The van der Waals surface area contributed by atoms with Crippen LogP contribution in [0.1, 0.15) is 0 Å². The van der Waals surface area contributed by atoms with Gasteiger partial charge in [-0.2, -0.15) is 9.97 Å². The van der Waals surface area contributed by atoms with Gasteiger partial charge in [-0.3, -0.25) is 0 Å². The smallest absolute Gasteiger partial charge is 0.223 e. The lowest BCUT2D eigenvalue weighted by molar-refractivity contribution is 0.311. The molecule has 5 N–H and O–H groups in total. The Labute approximate surface area is 76.2 Å². The van der Waals surface area contributed by atoms with Crippen molar-refractivity contribution < 1.29 is 5.11 Å². The fourth-order valence-electron chi connectivity index (χ4n) is 0.868. The monoisotopic (exact) mass is 183 g/mol. The van der Waals surface area contributed by atoms with Crippen molar-refractivity contribution in [2.45, 2.75) is 0 Å².